The Balaban J connectivity index is 1.68. The normalized spacial score (nSPS) is 10.4. The molecule has 20 heavy (non-hydrogen) atoms. The second-order valence-corrected chi connectivity index (χ2v) is 7.25. The highest BCUT2D eigenvalue weighted by Crippen LogP contribution is 2.32. The zero-order valence-electron chi connectivity index (χ0n) is 10.5. The van der Waals surface area contributed by atoms with Gasteiger partial charge in [-0.1, -0.05) is 35.7 Å². The molecule has 0 spiro atoms. The fraction of sp³-hybridized carbons (Fsp3) is 0.133. The van der Waals surface area contributed by atoms with Crippen molar-refractivity contribution in [1.82, 2.24) is 4.98 Å². The van der Waals surface area contributed by atoms with Gasteiger partial charge in [-0.3, -0.25) is 0 Å². The van der Waals surface area contributed by atoms with Crippen LogP contribution >= 0.6 is 34.4 Å². The largest absolute Gasteiger partial charge is 0.384 e. The molecular weight excluding hydrogens is 306 g/mol. The number of aromatic nitrogens is 1. The lowest BCUT2D eigenvalue weighted by atomic mass is 10.3. The molecule has 0 fully saturated rings. The molecule has 0 aliphatic carbocycles. The van der Waals surface area contributed by atoms with E-state index in [9.17, 15) is 0 Å². The number of aliphatic hydroxyl groups excluding tert-OH is 1. The van der Waals surface area contributed by atoms with Gasteiger partial charge in [0, 0.05) is 21.6 Å². The molecule has 1 aromatic carbocycles. The van der Waals surface area contributed by atoms with E-state index in [1.54, 1.807) is 34.4 Å². The summed E-state index contributed by atoms with van der Waals surface area (Å²) in [4.78, 5) is 5.88. The van der Waals surface area contributed by atoms with Crippen molar-refractivity contribution < 1.29 is 5.11 Å². The minimum atomic E-state index is -0.0916. The van der Waals surface area contributed by atoms with Gasteiger partial charge in [-0.05, 0) is 18.2 Å². The van der Waals surface area contributed by atoms with Crippen molar-refractivity contribution in [3.63, 3.8) is 0 Å². The fourth-order valence-electron chi connectivity index (χ4n) is 1.71. The minimum absolute atomic E-state index is 0.0916. The number of nitrogens with zero attached hydrogens (tertiary/aromatic N) is 1. The molecular formula is C15H11NOS3. The summed E-state index contributed by atoms with van der Waals surface area (Å²) in [7, 11) is 0. The number of thiazole rings is 1. The van der Waals surface area contributed by atoms with E-state index in [0.29, 0.717) is 0 Å². The lowest BCUT2D eigenvalue weighted by Crippen LogP contribution is -1.74. The monoisotopic (exact) mass is 317 g/mol. The average Bonchev–Trinajstić information content (AvgIpc) is 3.09. The number of benzene rings is 1. The van der Waals surface area contributed by atoms with Crippen molar-refractivity contribution in [2.45, 2.75) is 10.1 Å². The van der Waals surface area contributed by atoms with Gasteiger partial charge in [0.05, 0.1) is 10.2 Å². The van der Waals surface area contributed by atoms with E-state index in [0.717, 1.165) is 21.2 Å². The third-order valence-electron chi connectivity index (χ3n) is 2.58. The number of thiophene rings is 1. The third kappa shape index (κ3) is 3.22. The molecule has 2 aromatic heterocycles. The Bertz CT molecular complexity index is 746. The van der Waals surface area contributed by atoms with E-state index in [1.807, 2.05) is 23.6 Å². The molecule has 3 rings (SSSR count). The van der Waals surface area contributed by atoms with Crippen LogP contribution in [0, 0.1) is 11.8 Å². The van der Waals surface area contributed by atoms with Crippen LogP contribution < -0.4 is 0 Å². The lowest BCUT2D eigenvalue weighted by molar-refractivity contribution is 0.350. The van der Waals surface area contributed by atoms with E-state index in [-0.39, 0.29) is 6.61 Å². The standard InChI is InChI=1S/C15H11NOS3/c17-7-3-4-11-8-12(18-9-11)10-19-15-16-13-5-1-2-6-14(13)20-15/h1-2,5-6,8-9,17H,7,10H2. The summed E-state index contributed by atoms with van der Waals surface area (Å²) in [6.07, 6.45) is 0. The van der Waals surface area contributed by atoms with Gasteiger partial charge in [0.1, 0.15) is 6.61 Å². The Morgan fingerprint density at radius 1 is 1.30 bits per heavy atom. The zero-order chi connectivity index (χ0) is 13.8. The summed E-state index contributed by atoms with van der Waals surface area (Å²) in [6.45, 7) is -0.0916. The number of rotatable bonds is 3. The van der Waals surface area contributed by atoms with Gasteiger partial charge in [-0.25, -0.2) is 4.98 Å². The SMILES string of the molecule is OCC#Cc1csc(CSc2nc3ccccc3s2)c1. The van der Waals surface area contributed by atoms with Crippen molar-refractivity contribution in [2.75, 3.05) is 6.61 Å². The van der Waals surface area contributed by atoms with Gasteiger partial charge in [0.15, 0.2) is 4.34 Å². The van der Waals surface area contributed by atoms with Crippen LogP contribution in [0.15, 0.2) is 40.1 Å². The first-order chi connectivity index (χ1) is 9.85. The van der Waals surface area contributed by atoms with Crippen molar-refractivity contribution in [2.24, 2.45) is 0 Å². The number of aliphatic hydroxyl groups is 1. The van der Waals surface area contributed by atoms with Crippen molar-refractivity contribution in [1.29, 1.82) is 0 Å². The van der Waals surface area contributed by atoms with Gasteiger partial charge in [0.25, 0.3) is 0 Å². The van der Waals surface area contributed by atoms with Crippen molar-refractivity contribution >= 4 is 44.7 Å². The maximum atomic E-state index is 8.67. The van der Waals surface area contributed by atoms with Crippen LogP contribution in [0.2, 0.25) is 0 Å². The molecule has 0 aliphatic rings. The summed E-state index contributed by atoms with van der Waals surface area (Å²) in [5.41, 5.74) is 2.05. The molecule has 0 radical (unpaired) electrons. The predicted molar refractivity (Wildman–Crippen MR) is 87.5 cm³/mol. The molecule has 0 bridgehead atoms. The molecule has 2 heterocycles. The van der Waals surface area contributed by atoms with E-state index in [4.69, 9.17) is 5.11 Å². The van der Waals surface area contributed by atoms with Crippen LogP contribution in [-0.4, -0.2) is 16.7 Å². The highest BCUT2D eigenvalue weighted by molar-refractivity contribution is 8.00. The number of fused-ring (bicyclic) bond motifs is 1. The summed E-state index contributed by atoms with van der Waals surface area (Å²) < 4.78 is 2.33. The molecule has 2 nitrogen and oxygen atoms in total. The van der Waals surface area contributed by atoms with Gasteiger partial charge in [0.2, 0.25) is 0 Å². The molecule has 3 aromatic rings. The van der Waals surface area contributed by atoms with Crippen LogP contribution in [0.4, 0.5) is 0 Å². The first-order valence-electron chi connectivity index (χ1n) is 6.00. The smallest absolute Gasteiger partial charge is 0.151 e. The molecule has 0 aliphatic heterocycles. The van der Waals surface area contributed by atoms with Gasteiger partial charge in [-0.15, -0.1) is 22.7 Å². The topological polar surface area (TPSA) is 33.1 Å². The molecule has 0 saturated carbocycles. The number of hydrogen-bond donors (Lipinski definition) is 1. The first kappa shape index (κ1) is 13.7. The highest BCUT2D eigenvalue weighted by atomic mass is 32.2. The summed E-state index contributed by atoms with van der Waals surface area (Å²) in [6, 6.07) is 10.3. The molecule has 0 amide bonds. The van der Waals surface area contributed by atoms with E-state index >= 15 is 0 Å². The zero-order valence-corrected chi connectivity index (χ0v) is 12.9. The van der Waals surface area contributed by atoms with Crippen LogP contribution in [0.3, 0.4) is 0 Å². The number of thioether (sulfide) groups is 1. The van der Waals surface area contributed by atoms with Gasteiger partial charge in [-0.2, -0.15) is 0 Å². The molecule has 0 unspecified atom stereocenters. The fourth-order valence-corrected chi connectivity index (χ4v) is 4.65. The van der Waals surface area contributed by atoms with Crippen LogP contribution in [0.1, 0.15) is 10.4 Å². The van der Waals surface area contributed by atoms with Crippen molar-refractivity contribution in [3.8, 4) is 11.8 Å². The van der Waals surface area contributed by atoms with Crippen LogP contribution in [-0.2, 0) is 5.75 Å². The van der Waals surface area contributed by atoms with E-state index in [1.165, 1.54) is 9.58 Å². The van der Waals surface area contributed by atoms with E-state index in [2.05, 4.69) is 29.0 Å². The number of para-hydroxylation sites is 1. The van der Waals surface area contributed by atoms with Gasteiger partial charge >= 0.3 is 0 Å². The summed E-state index contributed by atoms with van der Waals surface area (Å²) >= 11 is 5.19. The quantitative estimate of drug-likeness (QED) is 0.585. The van der Waals surface area contributed by atoms with Crippen molar-refractivity contribution in [3.05, 3.63) is 46.2 Å². The summed E-state index contributed by atoms with van der Waals surface area (Å²) in [5, 5.41) is 10.7. The maximum Gasteiger partial charge on any atom is 0.151 e. The minimum Gasteiger partial charge on any atom is -0.384 e. The van der Waals surface area contributed by atoms with Gasteiger partial charge < -0.3 is 5.11 Å². The second kappa shape index (κ2) is 6.42. The van der Waals surface area contributed by atoms with E-state index < -0.39 is 0 Å². The molecule has 5 heteroatoms. The maximum absolute atomic E-state index is 8.67. The predicted octanol–water partition coefficient (Wildman–Crippen LogP) is 3.99. The Kier molecular flexibility index (Phi) is 4.38. The van der Waals surface area contributed by atoms with Crippen LogP contribution in [0.25, 0.3) is 10.2 Å². The van der Waals surface area contributed by atoms with Crippen LogP contribution in [0.5, 0.6) is 0 Å². The second-order valence-electron chi connectivity index (χ2n) is 4.00. The Hall–Kier alpha value is -1.32. The molecule has 1 N–H and O–H groups in total. The molecule has 0 atom stereocenters. The Labute approximate surface area is 129 Å². The Morgan fingerprint density at radius 3 is 3.05 bits per heavy atom. The average molecular weight is 317 g/mol. The first-order valence-corrected chi connectivity index (χ1v) is 8.69. The molecule has 100 valence electrons. The molecule has 0 saturated heterocycles. The highest BCUT2D eigenvalue weighted by Gasteiger charge is 2.05. The third-order valence-corrected chi connectivity index (χ3v) is 5.93. The number of hydrogen-bond acceptors (Lipinski definition) is 5. The Morgan fingerprint density at radius 2 is 2.20 bits per heavy atom. The lowest BCUT2D eigenvalue weighted by Gasteiger charge is -1.92. The summed E-state index contributed by atoms with van der Waals surface area (Å²) in [5.74, 6) is 6.50.